The zero-order valence-corrected chi connectivity index (χ0v) is 13.4. The lowest BCUT2D eigenvalue weighted by molar-refractivity contribution is 0.557. The summed E-state index contributed by atoms with van der Waals surface area (Å²) in [4.78, 5) is 5.37. The number of furan rings is 1. The summed E-state index contributed by atoms with van der Waals surface area (Å²) in [5, 5.41) is 4.28. The molecule has 0 radical (unpaired) electrons. The Morgan fingerprint density at radius 1 is 1.14 bits per heavy atom. The van der Waals surface area contributed by atoms with Crippen molar-refractivity contribution in [3.8, 4) is 10.6 Å². The van der Waals surface area contributed by atoms with Gasteiger partial charge in [-0.25, -0.2) is 9.37 Å². The lowest BCUT2D eigenvalue weighted by Gasteiger charge is -2.02. The van der Waals surface area contributed by atoms with Gasteiger partial charge in [-0.15, -0.1) is 11.3 Å². The van der Waals surface area contributed by atoms with Gasteiger partial charge in [0.25, 0.3) is 0 Å². The first kappa shape index (κ1) is 14.4. The third kappa shape index (κ3) is 3.78. The molecule has 0 unspecified atom stereocenters. The maximum atomic E-state index is 12.8. The van der Waals surface area contributed by atoms with E-state index >= 15 is 0 Å². The molecule has 21 heavy (non-hydrogen) atoms. The third-order valence-electron chi connectivity index (χ3n) is 2.89. The Morgan fingerprint density at radius 2 is 1.95 bits per heavy atom. The van der Waals surface area contributed by atoms with E-state index in [0.29, 0.717) is 17.8 Å². The fourth-order valence-electron chi connectivity index (χ4n) is 1.87. The Bertz CT molecular complexity index is 723. The number of aromatic nitrogens is 1. The van der Waals surface area contributed by atoms with Crippen LogP contribution in [0.2, 0.25) is 0 Å². The molecule has 0 aliphatic rings. The molecule has 0 saturated heterocycles. The van der Waals surface area contributed by atoms with Crippen LogP contribution in [0.5, 0.6) is 0 Å². The summed E-state index contributed by atoms with van der Waals surface area (Å²) in [6.45, 7) is 1.35. The summed E-state index contributed by atoms with van der Waals surface area (Å²) >= 11 is 4.88. The van der Waals surface area contributed by atoms with E-state index in [0.717, 1.165) is 21.2 Å². The van der Waals surface area contributed by atoms with E-state index in [1.54, 1.807) is 23.5 Å². The highest BCUT2D eigenvalue weighted by molar-refractivity contribution is 9.10. The normalized spacial score (nSPS) is 11.0. The summed E-state index contributed by atoms with van der Waals surface area (Å²) < 4.78 is 19.0. The Morgan fingerprint density at radius 3 is 2.67 bits per heavy atom. The van der Waals surface area contributed by atoms with Crippen molar-refractivity contribution in [1.29, 1.82) is 0 Å². The van der Waals surface area contributed by atoms with Gasteiger partial charge in [0.05, 0.1) is 4.88 Å². The highest BCUT2D eigenvalue weighted by atomic mass is 79.9. The van der Waals surface area contributed by atoms with Crippen molar-refractivity contribution in [2.45, 2.75) is 13.1 Å². The topological polar surface area (TPSA) is 38.1 Å². The molecule has 0 aliphatic carbocycles. The quantitative estimate of drug-likeness (QED) is 0.717. The van der Waals surface area contributed by atoms with E-state index in [9.17, 15) is 4.39 Å². The van der Waals surface area contributed by atoms with Crippen LogP contribution in [0.15, 0.2) is 51.7 Å². The fourth-order valence-corrected chi connectivity index (χ4v) is 3.02. The van der Waals surface area contributed by atoms with E-state index in [1.807, 2.05) is 18.3 Å². The van der Waals surface area contributed by atoms with Crippen LogP contribution in [0.1, 0.15) is 10.6 Å². The molecule has 3 aromatic rings. The summed E-state index contributed by atoms with van der Waals surface area (Å²) in [5.74, 6) is 0.595. The molecule has 2 aromatic heterocycles. The monoisotopic (exact) mass is 366 g/mol. The minimum Gasteiger partial charge on any atom is -0.448 e. The Labute approximate surface area is 134 Å². The van der Waals surface area contributed by atoms with Gasteiger partial charge in [0.15, 0.2) is 4.67 Å². The average Bonchev–Trinajstić information content (AvgIpc) is 3.10. The van der Waals surface area contributed by atoms with Crippen molar-refractivity contribution in [2.24, 2.45) is 0 Å². The van der Waals surface area contributed by atoms with Crippen LogP contribution in [-0.2, 0) is 13.1 Å². The summed E-state index contributed by atoms with van der Waals surface area (Å²) in [5.41, 5.74) is 1.04. The van der Waals surface area contributed by atoms with Crippen molar-refractivity contribution in [1.82, 2.24) is 10.3 Å². The molecule has 0 bridgehead atoms. The van der Waals surface area contributed by atoms with Gasteiger partial charge in [-0.1, -0.05) is 12.1 Å². The van der Waals surface area contributed by atoms with Crippen LogP contribution in [0.25, 0.3) is 10.6 Å². The second-order valence-corrected chi connectivity index (χ2v) is 6.35. The predicted molar refractivity (Wildman–Crippen MR) is 84.5 cm³/mol. The molecular formula is C15H12BrFN2OS. The minimum absolute atomic E-state index is 0.215. The van der Waals surface area contributed by atoms with Crippen LogP contribution in [0, 0.1) is 5.82 Å². The Kier molecular flexibility index (Phi) is 4.48. The van der Waals surface area contributed by atoms with Crippen molar-refractivity contribution in [2.75, 3.05) is 0 Å². The minimum atomic E-state index is -0.215. The molecule has 3 rings (SSSR count). The number of nitrogens with one attached hydrogen (secondary N) is 1. The van der Waals surface area contributed by atoms with E-state index < -0.39 is 0 Å². The van der Waals surface area contributed by atoms with Gasteiger partial charge in [0.1, 0.15) is 16.6 Å². The average molecular weight is 367 g/mol. The van der Waals surface area contributed by atoms with Gasteiger partial charge in [-0.2, -0.15) is 0 Å². The van der Waals surface area contributed by atoms with Crippen LogP contribution < -0.4 is 5.32 Å². The summed E-state index contributed by atoms with van der Waals surface area (Å²) in [7, 11) is 0. The molecule has 1 N–H and O–H groups in total. The van der Waals surface area contributed by atoms with Gasteiger partial charge in [0, 0.05) is 19.3 Å². The predicted octanol–water partition coefficient (Wildman–Crippen LogP) is 4.59. The maximum Gasteiger partial charge on any atom is 0.169 e. The fraction of sp³-hybridized carbons (Fsp3) is 0.133. The number of hydrogen-bond donors (Lipinski definition) is 1. The summed E-state index contributed by atoms with van der Waals surface area (Å²) in [6.07, 6.45) is 1.81. The van der Waals surface area contributed by atoms with E-state index in [4.69, 9.17) is 4.42 Å². The first-order chi connectivity index (χ1) is 10.2. The van der Waals surface area contributed by atoms with Crippen molar-refractivity contribution in [3.05, 3.63) is 63.7 Å². The second kappa shape index (κ2) is 6.51. The Hall–Kier alpha value is -1.50. The second-order valence-electron chi connectivity index (χ2n) is 4.45. The molecule has 0 saturated carbocycles. The number of hydrogen-bond acceptors (Lipinski definition) is 4. The molecule has 6 heteroatoms. The number of nitrogens with zero attached hydrogens (tertiary/aromatic N) is 1. The molecule has 3 nitrogen and oxygen atoms in total. The molecule has 2 heterocycles. The molecule has 0 fully saturated rings. The lowest BCUT2D eigenvalue weighted by atomic mass is 10.2. The van der Waals surface area contributed by atoms with Crippen molar-refractivity contribution >= 4 is 27.3 Å². The first-order valence-electron chi connectivity index (χ1n) is 6.36. The highest BCUT2D eigenvalue weighted by Gasteiger charge is 2.08. The molecule has 108 valence electrons. The van der Waals surface area contributed by atoms with Gasteiger partial charge < -0.3 is 9.73 Å². The lowest BCUT2D eigenvalue weighted by Crippen LogP contribution is -2.12. The van der Waals surface area contributed by atoms with E-state index in [1.165, 1.54) is 12.1 Å². The molecule has 0 amide bonds. The zero-order chi connectivity index (χ0) is 14.7. The third-order valence-corrected chi connectivity index (χ3v) is 4.33. The molecule has 0 spiro atoms. The van der Waals surface area contributed by atoms with Crippen molar-refractivity contribution in [3.63, 3.8) is 0 Å². The zero-order valence-electron chi connectivity index (χ0n) is 11.0. The standard InChI is InChI=1S/C15H12BrFN2OS/c16-14-6-5-12(20-14)13-8-19-15(21-13)9-18-7-10-1-3-11(17)4-2-10/h1-6,8,18H,7,9H2. The molecular weight excluding hydrogens is 355 g/mol. The highest BCUT2D eigenvalue weighted by Crippen LogP contribution is 2.29. The Balaban J connectivity index is 1.56. The number of benzene rings is 1. The van der Waals surface area contributed by atoms with Gasteiger partial charge >= 0.3 is 0 Å². The van der Waals surface area contributed by atoms with Gasteiger partial charge in [0.2, 0.25) is 0 Å². The number of halogens is 2. The number of thiazole rings is 1. The van der Waals surface area contributed by atoms with E-state index in [-0.39, 0.29) is 5.82 Å². The summed E-state index contributed by atoms with van der Waals surface area (Å²) in [6, 6.07) is 10.3. The molecule has 0 aliphatic heterocycles. The van der Waals surface area contributed by atoms with Crippen LogP contribution in [0.3, 0.4) is 0 Å². The maximum absolute atomic E-state index is 12.8. The number of rotatable bonds is 5. The van der Waals surface area contributed by atoms with Crippen molar-refractivity contribution < 1.29 is 8.81 Å². The SMILES string of the molecule is Fc1ccc(CNCc2ncc(-c3ccc(Br)o3)s2)cc1. The van der Waals surface area contributed by atoms with Crippen LogP contribution >= 0.6 is 27.3 Å². The van der Waals surface area contributed by atoms with Gasteiger partial charge in [-0.05, 0) is 45.8 Å². The molecule has 1 aromatic carbocycles. The smallest absolute Gasteiger partial charge is 0.169 e. The first-order valence-corrected chi connectivity index (χ1v) is 7.97. The molecule has 0 atom stereocenters. The van der Waals surface area contributed by atoms with Crippen LogP contribution in [-0.4, -0.2) is 4.98 Å². The van der Waals surface area contributed by atoms with Gasteiger partial charge in [-0.3, -0.25) is 0 Å². The van der Waals surface area contributed by atoms with E-state index in [2.05, 4.69) is 26.2 Å². The largest absolute Gasteiger partial charge is 0.448 e. The van der Waals surface area contributed by atoms with Crippen LogP contribution in [0.4, 0.5) is 4.39 Å².